The molecule has 0 radical (unpaired) electrons. The Morgan fingerprint density at radius 3 is 2.47 bits per heavy atom. The number of fused-ring (bicyclic) bond motifs is 1. The summed E-state index contributed by atoms with van der Waals surface area (Å²) in [5, 5.41) is 12.6. The first-order valence-corrected chi connectivity index (χ1v) is 11.0. The quantitative estimate of drug-likeness (QED) is 0.463. The molecule has 0 saturated heterocycles. The summed E-state index contributed by atoms with van der Waals surface area (Å²) in [5.74, 6) is 1.55. The first-order valence-electron chi connectivity index (χ1n) is 11.0. The van der Waals surface area contributed by atoms with Crippen LogP contribution in [0.25, 0.3) is 33.2 Å². The molecule has 0 spiro atoms. The Balaban J connectivity index is 1.57. The molecular weight excluding hydrogens is 400 g/mol. The highest BCUT2D eigenvalue weighted by molar-refractivity contribution is 6.04. The van der Waals surface area contributed by atoms with Crippen LogP contribution in [0.5, 0.6) is 0 Å². The first-order chi connectivity index (χ1) is 15.5. The minimum atomic E-state index is 0.0512. The van der Waals surface area contributed by atoms with E-state index in [4.69, 9.17) is 0 Å². The minimum absolute atomic E-state index is 0.0512. The van der Waals surface area contributed by atoms with Crippen molar-refractivity contribution in [3.63, 3.8) is 0 Å². The molecule has 7 heteroatoms. The van der Waals surface area contributed by atoms with Crippen LogP contribution >= 0.6 is 0 Å². The highest BCUT2D eigenvalue weighted by Gasteiger charge is 2.29. The highest BCUT2D eigenvalue weighted by atomic mass is 16.2. The predicted molar refractivity (Wildman–Crippen MR) is 127 cm³/mol. The number of aromatic nitrogens is 4. The Labute approximate surface area is 186 Å². The van der Waals surface area contributed by atoms with E-state index in [1.807, 2.05) is 37.1 Å². The van der Waals surface area contributed by atoms with Crippen molar-refractivity contribution in [2.75, 3.05) is 17.2 Å². The van der Waals surface area contributed by atoms with Crippen molar-refractivity contribution in [2.24, 2.45) is 13.0 Å². The van der Waals surface area contributed by atoms with Crippen LogP contribution in [0.3, 0.4) is 0 Å². The van der Waals surface area contributed by atoms with Gasteiger partial charge in [0.05, 0.1) is 11.9 Å². The molecule has 0 aliphatic heterocycles. The summed E-state index contributed by atoms with van der Waals surface area (Å²) in [6.07, 6.45) is 7.48. The van der Waals surface area contributed by atoms with Gasteiger partial charge in [-0.3, -0.25) is 9.48 Å². The summed E-state index contributed by atoms with van der Waals surface area (Å²) in [6, 6.07) is 10.4. The van der Waals surface area contributed by atoms with E-state index in [2.05, 4.69) is 56.9 Å². The maximum absolute atomic E-state index is 12.3. The van der Waals surface area contributed by atoms with Crippen LogP contribution in [0.1, 0.15) is 25.3 Å². The molecule has 1 aliphatic carbocycles. The number of aryl methyl sites for hydroxylation is 2. The first kappa shape index (κ1) is 20.2. The molecule has 1 aliphatic rings. The predicted octanol–water partition coefficient (Wildman–Crippen LogP) is 4.79. The summed E-state index contributed by atoms with van der Waals surface area (Å²) in [7, 11) is 1.96. The number of benzene rings is 1. The van der Waals surface area contributed by atoms with E-state index in [9.17, 15) is 4.79 Å². The molecule has 1 fully saturated rings. The zero-order chi connectivity index (χ0) is 22.2. The fraction of sp³-hybridized carbons (Fsp3) is 0.280. The van der Waals surface area contributed by atoms with E-state index in [-0.39, 0.29) is 11.8 Å². The third kappa shape index (κ3) is 3.70. The number of rotatable bonds is 6. The normalized spacial score (nSPS) is 13.3. The fourth-order valence-corrected chi connectivity index (χ4v) is 4.09. The van der Waals surface area contributed by atoms with Gasteiger partial charge < -0.3 is 10.6 Å². The maximum Gasteiger partial charge on any atom is 0.228 e. The molecule has 3 heterocycles. The van der Waals surface area contributed by atoms with E-state index in [0.717, 1.165) is 63.9 Å². The summed E-state index contributed by atoms with van der Waals surface area (Å²) < 4.78 is 1.90. The van der Waals surface area contributed by atoms with E-state index < -0.39 is 0 Å². The molecule has 0 unspecified atom stereocenters. The lowest BCUT2D eigenvalue weighted by Crippen LogP contribution is -2.14. The van der Waals surface area contributed by atoms with Gasteiger partial charge in [0.1, 0.15) is 11.6 Å². The number of hydrogen-bond donors (Lipinski definition) is 2. The fourth-order valence-electron chi connectivity index (χ4n) is 4.09. The molecule has 0 atom stereocenters. The number of nitrogens with zero attached hydrogens (tertiary/aromatic N) is 4. The van der Waals surface area contributed by atoms with Crippen molar-refractivity contribution in [3.8, 4) is 22.4 Å². The molecule has 3 aromatic heterocycles. The summed E-state index contributed by atoms with van der Waals surface area (Å²) >= 11 is 0. The molecule has 162 valence electrons. The van der Waals surface area contributed by atoms with Crippen molar-refractivity contribution >= 4 is 28.3 Å². The van der Waals surface area contributed by atoms with Gasteiger partial charge in [-0.2, -0.15) is 5.10 Å². The zero-order valence-electron chi connectivity index (χ0n) is 18.5. The lowest BCUT2D eigenvalue weighted by molar-refractivity contribution is -0.117. The van der Waals surface area contributed by atoms with Gasteiger partial charge in [0, 0.05) is 48.4 Å². The molecule has 1 aromatic carbocycles. The van der Waals surface area contributed by atoms with Gasteiger partial charge >= 0.3 is 0 Å². The maximum atomic E-state index is 12.3. The molecule has 2 N–H and O–H groups in total. The largest absolute Gasteiger partial charge is 0.370 e. The Bertz CT molecular complexity index is 1280. The Morgan fingerprint density at radius 1 is 1.06 bits per heavy atom. The molecule has 5 rings (SSSR count). The van der Waals surface area contributed by atoms with Crippen molar-refractivity contribution in [3.05, 3.63) is 54.5 Å². The van der Waals surface area contributed by atoms with Crippen molar-refractivity contribution in [2.45, 2.75) is 26.7 Å². The third-order valence-electron chi connectivity index (χ3n) is 5.91. The molecule has 32 heavy (non-hydrogen) atoms. The van der Waals surface area contributed by atoms with E-state index in [1.54, 1.807) is 6.20 Å². The lowest BCUT2D eigenvalue weighted by atomic mass is 9.99. The molecule has 7 nitrogen and oxygen atoms in total. The van der Waals surface area contributed by atoms with Crippen LogP contribution < -0.4 is 10.6 Å². The van der Waals surface area contributed by atoms with Crippen molar-refractivity contribution in [1.29, 1.82) is 0 Å². The zero-order valence-corrected chi connectivity index (χ0v) is 18.5. The van der Waals surface area contributed by atoms with Crippen LogP contribution in [-0.2, 0) is 11.8 Å². The van der Waals surface area contributed by atoms with Gasteiger partial charge in [-0.25, -0.2) is 9.97 Å². The van der Waals surface area contributed by atoms with E-state index in [1.165, 1.54) is 0 Å². The van der Waals surface area contributed by atoms with Crippen LogP contribution in [0.4, 0.5) is 11.6 Å². The second-order valence-corrected chi connectivity index (χ2v) is 8.31. The van der Waals surface area contributed by atoms with Gasteiger partial charge in [-0.1, -0.05) is 24.3 Å². The Morgan fingerprint density at radius 2 is 1.81 bits per heavy atom. The average molecular weight is 427 g/mol. The van der Waals surface area contributed by atoms with Crippen LogP contribution in [0, 0.1) is 12.8 Å². The molecule has 1 amide bonds. The lowest BCUT2D eigenvalue weighted by Gasteiger charge is -2.13. The van der Waals surface area contributed by atoms with E-state index in [0.29, 0.717) is 5.82 Å². The standard InChI is InChI=1S/C25H26N6O/c1-4-26-24-21-14-27-22(30-25(32)18-9-10-18)11-19(21)20(13-28-24)16-5-7-17(8-6-16)23-15(2)12-29-31(23)3/h5-8,11-14,18H,4,9-10H2,1-3H3,(H,26,28)(H,27,30,32). The monoisotopic (exact) mass is 426 g/mol. The van der Waals surface area contributed by atoms with Crippen molar-refractivity contribution < 1.29 is 4.79 Å². The Hall–Kier alpha value is -3.74. The smallest absolute Gasteiger partial charge is 0.228 e. The SMILES string of the molecule is CCNc1ncc(-c2ccc(-c3c(C)cnn3C)cc2)c2cc(NC(=O)C3CC3)ncc12. The summed E-state index contributed by atoms with van der Waals surface area (Å²) in [4.78, 5) is 21.4. The minimum Gasteiger partial charge on any atom is -0.370 e. The number of carbonyl (C=O) groups excluding carboxylic acids is 1. The van der Waals surface area contributed by atoms with Crippen LogP contribution in [0.2, 0.25) is 0 Å². The van der Waals surface area contributed by atoms with Crippen LogP contribution in [0.15, 0.2) is 48.9 Å². The molecule has 0 bridgehead atoms. The summed E-state index contributed by atoms with van der Waals surface area (Å²) in [6.45, 7) is 4.87. The van der Waals surface area contributed by atoms with Crippen LogP contribution in [-0.4, -0.2) is 32.2 Å². The number of anilines is 2. The van der Waals surface area contributed by atoms with Gasteiger partial charge in [0.25, 0.3) is 0 Å². The van der Waals surface area contributed by atoms with Gasteiger partial charge in [0.15, 0.2) is 0 Å². The van der Waals surface area contributed by atoms with E-state index >= 15 is 0 Å². The van der Waals surface area contributed by atoms with Gasteiger partial charge in [0.2, 0.25) is 5.91 Å². The van der Waals surface area contributed by atoms with Gasteiger partial charge in [-0.15, -0.1) is 0 Å². The molecule has 4 aromatic rings. The summed E-state index contributed by atoms with van der Waals surface area (Å²) in [5.41, 5.74) is 5.42. The molecule has 1 saturated carbocycles. The number of nitrogens with one attached hydrogen (secondary N) is 2. The topological polar surface area (TPSA) is 84.7 Å². The Kier molecular flexibility index (Phi) is 5.09. The van der Waals surface area contributed by atoms with Crippen molar-refractivity contribution in [1.82, 2.24) is 19.7 Å². The number of pyridine rings is 2. The molecular formula is C25H26N6O. The third-order valence-corrected chi connectivity index (χ3v) is 5.91. The van der Waals surface area contributed by atoms with Gasteiger partial charge in [-0.05, 0) is 49.3 Å². The number of hydrogen-bond acceptors (Lipinski definition) is 5. The number of amides is 1. The second kappa shape index (κ2) is 8.07. The number of carbonyl (C=O) groups is 1. The second-order valence-electron chi connectivity index (χ2n) is 8.31. The highest BCUT2D eigenvalue weighted by Crippen LogP contribution is 2.35. The average Bonchev–Trinajstić information content (AvgIpc) is 3.59.